The highest BCUT2D eigenvalue weighted by Gasteiger charge is 2.51. The van der Waals surface area contributed by atoms with E-state index in [-0.39, 0.29) is 17.8 Å². The van der Waals surface area contributed by atoms with Crippen molar-refractivity contribution in [1.82, 2.24) is 10.2 Å². The predicted octanol–water partition coefficient (Wildman–Crippen LogP) is 1.77. The van der Waals surface area contributed by atoms with Crippen LogP contribution in [0.4, 0.5) is 9.18 Å². The summed E-state index contributed by atoms with van der Waals surface area (Å²) in [4.78, 5) is 26.2. The summed E-state index contributed by atoms with van der Waals surface area (Å²) >= 11 is 0. The molecule has 0 aromatic heterocycles. The van der Waals surface area contributed by atoms with Crippen LogP contribution in [0.2, 0.25) is 0 Å². The molecular formula is C15H17FN2O3. The van der Waals surface area contributed by atoms with Crippen LogP contribution in [0.15, 0.2) is 24.3 Å². The Kier molecular flexibility index (Phi) is 3.41. The maximum atomic E-state index is 13.0. The van der Waals surface area contributed by atoms with E-state index in [1.807, 2.05) is 0 Å². The largest absolute Gasteiger partial charge is 0.381 e. The zero-order chi connectivity index (χ0) is 15.0. The van der Waals surface area contributed by atoms with Crippen LogP contribution in [0.1, 0.15) is 25.3 Å². The Morgan fingerprint density at radius 1 is 1.24 bits per heavy atom. The lowest BCUT2D eigenvalue weighted by Crippen LogP contribution is -2.45. The lowest BCUT2D eigenvalue weighted by Gasteiger charge is -2.29. The molecule has 1 unspecified atom stereocenters. The Labute approximate surface area is 122 Å². The fourth-order valence-corrected chi connectivity index (χ4v) is 2.91. The maximum absolute atomic E-state index is 13.0. The molecule has 0 radical (unpaired) electrons. The molecule has 2 heterocycles. The lowest BCUT2D eigenvalue weighted by atomic mass is 9.91. The van der Waals surface area contributed by atoms with Gasteiger partial charge in [0.15, 0.2) is 0 Å². The molecule has 0 saturated carbocycles. The fourth-order valence-electron chi connectivity index (χ4n) is 2.91. The summed E-state index contributed by atoms with van der Waals surface area (Å²) in [6.07, 6.45) is 1.30. The van der Waals surface area contributed by atoms with Gasteiger partial charge < -0.3 is 10.1 Å². The van der Waals surface area contributed by atoms with Gasteiger partial charge in [-0.15, -0.1) is 0 Å². The predicted molar refractivity (Wildman–Crippen MR) is 73.0 cm³/mol. The minimum Gasteiger partial charge on any atom is -0.381 e. The summed E-state index contributed by atoms with van der Waals surface area (Å²) in [6, 6.07) is 5.11. The van der Waals surface area contributed by atoms with Crippen LogP contribution < -0.4 is 5.32 Å². The van der Waals surface area contributed by atoms with E-state index in [9.17, 15) is 14.0 Å². The molecular weight excluding hydrogens is 275 g/mol. The second-order valence-electron chi connectivity index (χ2n) is 5.58. The highest BCUT2D eigenvalue weighted by molar-refractivity contribution is 6.07. The van der Waals surface area contributed by atoms with Crippen LogP contribution in [-0.2, 0) is 15.1 Å². The van der Waals surface area contributed by atoms with Crippen LogP contribution in [0.25, 0.3) is 0 Å². The van der Waals surface area contributed by atoms with Crippen molar-refractivity contribution < 1.29 is 18.7 Å². The number of amides is 3. The highest BCUT2D eigenvalue weighted by atomic mass is 19.1. The fraction of sp³-hybridized carbons (Fsp3) is 0.467. The molecule has 2 saturated heterocycles. The van der Waals surface area contributed by atoms with Crippen LogP contribution in [0, 0.1) is 5.82 Å². The van der Waals surface area contributed by atoms with Gasteiger partial charge in [-0.1, -0.05) is 12.1 Å². The molecule has 1 aromatic carbocycles. The van der Waals surface area contributed by atoms with Gasteiger partial charge in [-0.25, -0.2) is 9.18 Å². The first-order valence-corrected chi connectivity index (χ1v) is 7.02. The van der Waals surface area contributed by atoms with Crippen molar-refractivity contribution in [2.24, 2.45) is 0 Å². The van der Waals surface area contributed by atoms with E-state index in [0.29, 0.717) is 31.6 Å². The van der Waals surface area contributed by atoms with Crippen molar-refractivity contribution in [2.75, 3.05) is 13.2 Å². The van der Waals surface area contributed by atoms with E-state index < -0.39 is 11.6 Å². The molecule has 0 spiro atoms. The first-order valence-electron chi connectivity index (χ1n) is 7.02. The Morgan fingerprint density at radius 3 is 2.48 bits per heavy atom. The van der Waals surface area contributed by atoms with Gasteiger partial charge in [0.1, 0.15) is 11.4 Å². The monoisotopic (exact) mass is 292 g/mol. The van der Waals surface area contributed by atoms with E-state index in [4.69, 9.17) is 4.74 Å². The number of halogens is 1. The van der Waals surface area contributed by atoms with Crippen molar-refractivity contribution in [3.63, 3.8) is 0 Å². The first kappa shape index (κ1) is 14.0. The number of urea groups is 1. The Balaban J connectivity index is 1.89. The molecule has 1 N–H and O–H groups in total. The van der Waals surface area contributed by atoms with E-state index >= 15 is 0 Å². The molecule has 1 aromatic rings. The van der Waals surface area contributed by atoms with Crippen molar-refractivity contribution in [2.45, 2.75) is 31.3 Å². The summed E-state index contributed by atoms with van der Waals surface area (Å²) in [5, 5.41) is 2.74. The Bertz CT molecular complexity index is 569. The maximum Gasteiger partial charge on any atom is 0.325 e. The lowest BCUT2D eigenvalue weighted by molar-refractivity contribution is -0.133. The van der Waals surface area contributed by atoms with Gasteiger partial charge >= 0.3 is 6.03 Å². The molecule has 6 heteroatoms. The molecule has 0 bridgehead atoms. The van der Waals surface area contributed by atoms with E-state index in [1.54, 1.807) is 6.92 Å². The van der Waals surface area contributed by atoms with E-state index in [2.05, 4.69) is 5.32 Å². The number of nitrogens with one attached hydrogen (secondary N) is 1. The third-order valence-corrected chi connectivity index (χ3v) is 4.20. The van der Waals surface area contributed by atoms with E-state index in [0.717, 1.165) is 0 Å². The highest BCUT2D eigenvalue weighted by Crippen LogP contribution is 2.31. The second-order valence-corrected chi connectivity index (χ2v) is 5.58. The number of carbonyl (C=O) groups excluding carboxylic acids is 2. The van der Waals surface area contributed by atoms with Crippen molar-refractivity contribution >= 4 is 11.9 Å². The molecule has 1 atom stereocenters. The summed E-state index contributed by atoms with van der Waals surface area (Å²) in [5.41, 5.74) is -0.555. The molecule has 112 valence electrons. The number of rotatable bonds is 2. The molecule has 2 aliphatic rings. The summed E-state index contributed by atoms with van der Waals surface area (Å²) < 4.78 is 18.3. The Morgan fingerprint density at radius 2 is 1.86 bits per heavy atom. The zero-order valence-corrected chi connectivity index (χ0v) is 11.8. The molecule has 5 nitrogen and oxygen atoms in total. The molecule has 2 aliphatic heterocycles. The van der Waals surface area contributed by atoms with Crippen LogP contribution in [0.3, 0.4) is 0 Å². The standard InChI is InChI=1S/C15H17FN2O3/c1-15(10-2-4-11(16)5-3-10)13(19)18(14(20)17-15)12-6-8-21-9-7-12/h2-5,12H,6-9H2,1H3,(H,17,20). The average Bonchev–Trinajstić information content (AvgIpc) is 2.71. The normalized spacial score (nSPS) is 27.0. The van der Waals surface area contributed by atoms with Crippen LogP contribution >= 0.6 is 0 Å². The molecule has 2 fully saturated rings. The number of nitrogens with zero attached hydrogens (tertiary/aromatic N) is 1. The summed E-state index contributed by atoms with van der Waals surface area (Å²) in [5.74, 6) is -0.661. The van der Waals surface area contributed by atoms with Crippen LogP contribution in [-0.4, -0.2) is 36.1 Å². The minimum atomic E-state index is -1.14. The minimum absolute atomic E-state index is 0.131. The average molecular weight is 292 g/mol. The SMILES string of the molecule is CC1(c2ccc(F)cc2)NC(=O)N(C2CCOCC2)C1=O. The second kappa shape index (κ2) is 5.11. The quantitative estimate of drug-likeness (QED) is 0.845. The third-order valence-electron chi connectivity index (χ3n) is 4.20. The Hall–Kier alpha value is -1.95. The zero-order valence-electron chi connectivity index (χ0n) is 11.8. The number of ether oxygens (including phenoxy) is 1. The molecule has 3 amide bonds. The smallest absolute Gasteiger partial charge is 0.325 e. The number of imide groups is 1. The number of hydrogen-bond donors (Lipinski definition) is 1. The third kappa shape index (κ3) is 2.29. The molecule has 0 aliphatic carbocycles. The van der Waals surface area contributed by atoms with Gasteiger partial charge in [0.25, 0.3) is 5.91 Å². The van der Waals surface area contributed by atoms with Crippen LogP contribution in [0.5, 0.6) is 0 Å². The van der Waals surface area contributed by atoms with Crippen molar-refractivity contribution in [3.8, 4) is 0 Å². The van der Waals surface area contributed by atoms with Gasteiger partial charge in [-0.2, -0.15) is 0 Å². The van der Waals surface area contributed by atoms with Gasteiger partial charge in [-0.3, -0.25) is 9.69 Å². The van der Waals surface area contributed by atoms with Gasteiger partial charge in [-0.05, 0) is 37.5 Å². The van der Waals surface area contributed by atoms with Crippen molar-refractivity contribution in [3.05, 3.63) is 35.6 Å². The van der Waals surface area contributed by atoms with Gasteiger partial charge in [0, 0.05) is 19.3 Å². The van der Waals surface area contributed by atoms with Gasteiger partial charge in [0.05, 0.1) is 0 Å². The summed E-state index contributed by atoms with van der Waals surface area (Å²) in [7, 11) is 0. The topological polar surface area (TPSA) is 58.6 Å². The molecule has 3 rings (SSSR count). The van der Waals surface area contributed by atoms with Crippen molar-refractivity contribution in [1.29, 1.82) is 0 Å². The van der Waals surface area contributed by atoms with E-state index in [1.165, 1.54) is 29.2 Å². The first-order chi connectivity index (χ1) is 10.0. The number of carbonyl (C=O) groups is 2. The number of benzene rings is 1. The molecule has 21 heavy (non-hydrogen) atoms. The van der Waals surface area contributed by atoms with Gasteiger partial charge in [0.2, 0.25) is 0 Å². The number of hydrogen-bond acceptors (Lipinski definition) is 3. The summed E-state index contributed by atoms with van der Waals surface area (Å²) in [6.45, 7) is 2.75.